The Morgan fingerprint density at radius 3 is 2.40 bits per heavy atom. The fourth-order valence-electron chi connectivity index (χ4n) is 3.19. The first kappa shape index (κ1) is 18.4. The average molecular weight is 377 g/mol. The molecule has 0 unspecified atom stereocenters. The highest BCUT2D eigenvalue weighted by Crippen LogP contribution is 2.32. The van der Waals surface area contributed by atoms with Gasteiger partial charge in [-0.25, -0.2) is 17.7 Å². The summed E-state index contributed by atoms with van der Waals surface area (Å²) in [7, 11) is -1.55. The van der Waals surface area contributed by atoms with Crippen molar-refractivity contribution in [3.8, 4) is 0 Å². The van der Waals surface area contributed by atoms with E-state index in [1.54, 1.807) is 13.1 Å². The average Bonchev–Trinajstić information content (AvgIpc) is 3.40. The summed E-state index contributed by atoms with van der Waals surface area (Å²) >= 11 is 0. The minimum absolute atomic E-state index is 0.216. The molecule has 2 heterocycles. The summed E-state index contributed by atoms with van der Waals surface area (Å²) in [5, 5.41) is -0.216. The van der Waals surface area contributed by atoms with Gasteiger partial charge >= 0.3 is 6.18 Å². The van der Waals surface area contributed by atoms with Crippen LogP contribution >= 0.6 is 0 Å². The summed E-state index contributed by atoms with van der Waals surface area (Å²) < 4.78 is 64.2. The van der Waals surface area contributed by atoms with Crippen LogP contribution in [0.4, 0.5) is 19.0 Å². The van der Waals surface area contributed by atoms with Crippen LogP contribution in [0.1, 0.15) is 31.4 Å². The second-order valence-electron chi connectivity index (χ2n) is 6.83. The molecule has 1 saturated carbocycles. The molecule has 140 valence electrons. The topological polar surface area (TPSA) is 53.5 Å². The molecule has 9 heteroatoms. The van der Waals surface area contributed by atoms with Gasteiger partial charge in [-0.3, -0.25) is 0 Å². The zero-order valence-corrected chi connectivity index (χ0v) is 14.9. The highest BCUT2D eigenvalue weighted by molar-refractivity contribution is 7.90. The van der Waals surface area contributed by atoms with Crippen LogP contribution < -0.4 is 4.90 Å². The van der Waals surface area contributed by atoms with Gasteiger partial charge in [0.2, 0.25) is 10.0 Å². The van der Waals surface area contributed by atoms with E-state index in [-0.39, 0.29) is 11.2 Å². The fraction of sp³-hybridized carbons (Fsp3) is 0.688. The minimum Gasteiger partial charge on any atom is -0.357 e. The highest BCUT2D eigenvalue weighted by atomic mass is 32.2. The SMILES string of the molecule is CN(CC1CCN(c2cccc(C(F)(F)F)n2)CC1)S(=O)(=O)C1CC1. The van der Waals surface area contributed by atoms with Gasteiger partial charge in [0.1, 0.15) is 11.5 Å². The molecular formula is C16H22F3N3O2S. The maximum Gasteiger partial charge on any atom is 0.433 e. The summed E-state index contributed by atoms with van der Waals surface area (Å²) in [5.74, 6) is 0.549. The third kappa shape index (κ3) is 4.25. The molecule has 0 amide bonds. The Bertz CT molecular complexity index is 712. The lowest BCUT2D eigenvalue weighted by Crippen LogP contribution is -2.40. The van der Waals surface area contributed by atoms with Gasteiger partial charge in [-0.1, -0.05) is 6.07 Å². The molecule has 2 fully saturated rings. The molecule has 0 spiro atoms. The summed E-state index contributed by atoms with van der Waals surface area (Å²) in [6, 6.07) is 3.92. The number of hydrogen-bond acceptors (Lipinski definition) is 4. The van der Waals surface area contributed by atoms with Crippen LogP contribution in [0.15, 0.2) is 18.2 Å². The van der Waals surface area contributed by atoms with Crippen molar-refractivity contribution in [2.75, 3.05) is 31.6 Å². The predicted octanol–water partition coefficient (Wildman–Crippen LogP) is 2.74. The third-order valence-corrected chi connectivity index (χ3v) is 7.19. The molecule has 0 aromatic carbocycles. The molecule has 1 aromatic heterocycles. The number of anilines is 1. The Morgan fingerprint density at radius 1 is 1.20 bits per heavy atom. The van der Waals surface area contributed by atoms with Gasteiger partial charge in [-0.2, -0.15) is 13.2 Å². The number of sulfonamides is 1. The lowest BCUT2D eigenvalue weighted by molar-refractivity contribution is -0.141. The number of rotatable bonds is 5. The lowest BCUT2D eigenvalue weighted by atomic mass is 9.97. The van der Waals surface area contributed by atoms with Gasteiger partial charge in [-0.15, -0.1) is 0 Å². The number of pyridine rings is 1. The van der Waals surface area contributed by atoms with Crippen molar-refractivity contribution in [3.63, 3.8) is 0 Å². The molecule has 25 heavy (non-hydrogen) atoms. The number of hydrogen-bond donors (Lipinski definition) is 0. The van der Waals surface area contributed by atoms with Crippen LogP contribution in [0.25, 0.3) is 0 Å². The van der Waals surface area contributed by atoms with Crippen LogP contribution in [0, 0.1) is 5.92 Å². The van der Waals surface area contributed by atoms with Crippen molar-refractivity contribution >= 4 is 15.8 Å². The number of alkyl halides is 3. The molecule has 5 nitrogen and oxygen atoms in total. The normalized spacial score (nSPS) is 20.3. The van der Waals surface area contributed by atoms with Gasteiger partial charge in [0.25, 0.3) is 0 Å². The van der Waals surface area contributed by atoms with Crippen molar-refractivity contribution in [3.05, 3.63) is 23.9 Å². The van der Waals surface area contributed by atoms with Crippen molar-refractivity contribution in [1.82, 2.24) is 9.29 Å². The van der Waals surface area contributed by atoms with Crippen molar-refractivity contribution in [1.29, 1.82) is 0 Å². The highest BCUT2D eigenvalue weighted by Gasteiger charge is 2.39. The number of nitrogens with zero attached hydrogens (tertiary/aromatic N) is 3. The monoisotopic (exact) mass is 377 g/mol. The largest absolute Gasteiger partial charge is 0.433 e. The standard InChI is InChI=1S/C16H22F3N3O2S/c1-21(25(23,24)13-5-6-13)11-12-7-9-22(10-8-12)15-4-2-3-14(20-15)16(17,18)19/h2-4,12-13H,5-11H2,1H3. The van der Waals surface area contributed by atoms with Gasteiger partial charge in [0.15, 0.2) is 0 Å². The van der Waals surface area contributed by atoms with E-state index in [2.05, 4.69) is 4.98 Å². The van der Waals surface area contributed by atoms with E-state index in [1.165, 1.54) is 10.4 Å². The molecule has 1 aromatic rings. The third-order valence-electron chi connectivity index (χ3n) is 4.86. The quantitative estimate of drug-likeness (QED) is 0.792. The van der Waals surface area contributed by atoms with E-state index >= 15 is 0 Å². The van der Waals surface area contributed by atoms with E-state index in [9.17, 15) is 21.6 Å². The fourth-order valence-corrected chi connectivity index (χ4v) is 4.85. The molecule has 0 bridgehead atoms. The summed E-state index contributed by atoms with van der Waals surface area (Å²) in [6.45, 7) is 1.63. The maximum atomic E-state index is 12.8. The molecule has 0 atom stereocenters. The van der Waals surface area contributed by atoms with Gasteiger partial charge in [0, 0.05) is 26.7 Å². The van der Waals surface area contributed by atoms with Crippen molar-refractivity contribution < 1.29 is 21.6 Å². The van der Waals surface area contributed by atoms with Crippen molar-refractivity contribution in [2.45, 2.75) is 37.1 Å². The molecular weight excluding hydrogens is 355 g/mol. The second kappa shape index (κ2) is 6.75. The Labute approximate surface area is 145 Å². The van der Waals surface area contributed by atoms with E-state index < -0.39 is 21.9 Å². The first-order valence-electron chi connectivity index (χ1n) is 8.42. The molecule has 2 aliphatic rings. The molecule has 0 radical (unpaired) electrons. The first-order chi connectivity index (χ1) is 11.7. The van der Waals surface area contributed by atoms with Crippen LogP contribution in [-0.2, 0) is 16.2 Å². The van der Waals surface area contributed by atoms with Crippen LogP contribution in [-0.4, -0.2) is 49.6 Å². The zero-order chi connectivity index (χ0) is 18.2. The zero-order valence-electron chi connectivity index (χ0n) is 14.0. The first-order valence-corrected chi connectivity index (χ1v) is 9.92. The van der Waals surface area contributed by atoms with E-state index in [0.29, 0.717) is 25.5 Å². The minimum atomic E-state index is -4.45. The Morgan fingerprint density at radius 2 is 1.84 bits per heavy atom. The van der Waals surface area contributed by atoms with Gasteiger partial charge < -0.3 is 4.90 Å². The predicted molar refractivity (Wildman–Crippen MR) is 88.7 cm³/mol. The Hall–Kier alpha value is -1.35. The number of halogens is 3. The maximum absolute atomic E-state index is 12.8. The van der Waals surface area contributed by atoms with Crippen LogP contribution in [0.2, 0.25) is 0 Å². The smallest absolute Gasteiger partial charge is 0.357 e. The number of piperidine rings is 1. The van der Waals surface area contributed by atoms with Crippen LogP contribution in [0.5, 0.6) is 0 Å². The van der Waals surface area contributed by atoms with Crippen LogP contribution in [0.3, 0.4) is 0 Å². The van der Waals surface area contributed by atoms with Gasteiger partial charge in [0.05, 0.1) is 5.25 Å². The molecule has 0 N–H and O–H groups in total. The molecule has 3 rings (SSSR count). The molecule has 1 aliphatic heterocycles. The van der Waals surface area contributed by atoms with E-state index in [0.717, 1.165) is 31.7 Å². The van der Waals surface area contributed by atoms with E-state index in [4.69, 9.17) is 0 Å². The summed E-state index contributed by atoms with van der Waals surface area (Å²) in [5.41, 5.74) is -0.887. The Balaban J connectivity index is 1.57. The van der Waals surface area contributed by atoms with Crippen molar-refractivity contribution in [2.24, 2.45) is 5.92 Å². The Kier molecular flexibility index (Phi) is 4.98. The van der Waals surface area contributed by atoms with E-state index in [1.807, 2.05) is 4.90 Å². The second-order valence-corrected chi connectivity index (χ2v) is 9.15. The molecule has 1 saturated heterocycles. The lowest BCUT2D eigenvalue weighted by Gasteiger charge is -2.34. The molecule has 1 aliphatic carbocycles. The summed E-state index contributed by atoms with van der Waals surface area (Å²) in [6.07, 6.45) is -1.49. The van der Waals surface area contributed by atoms with Gasteiger partial charge in [-0.05, 0) is 43.7 Å². The number of aromatic nitrogens is 1. The summed E-state index contributed by atoms with van der Waals surface area (Å²) in [4.78, 5) is 5.55.